The maximum atomic E-state index is 13.3. The van der Waals surface area contributed by atoms with Crippen LogP contribution in [-0.2, 0) is 26.0 Å². The van der Waals surface area contributed by atoms with Crippen LogP contribution in [0.3, 0.4) is 0 Å². The van der Waals surface area contributed by atoms with Crippen molar-refractivity contribution in [3.8, 4) is 5.75 Å². The van der Waals surface area contributed by atoms with E-state index in [9.17, 15) is 18.0 Å². The van der Waals surface area contributed by atoms with Crippen LogP contribution in [-0.4, -0.2) is 37.8 Å². The third-order valence-electron chi connectivity index (χ3n) is 5.50. The van der Waals surface area contributed by atoms with Gasteiger partial charge in [-0.2, -0.15) is 8.42 Å². The number of carbonyl (C=O) groups is 2. The molecule has 1 aliphatic heterocycles. The number of thioether (sulfide) groups is 1. The maximum absolute atomic E-state index is 13.3. The number of rotatable bonds is 8. The molecular formula is C26H25N3O5S2. The monoisotopic (exact) mass is 523 g/mol. The van der Waals surface area contributed by atoms with Crippen molar-refractivity contribution < 1.29 is 22.7 Å². The fraction of sp³-hybridized carbons (Fsp3) is 0.192. The molecule has 0 bridgehead atoms. The molecule has 1 heterocycles. The van der Waals surface area contributed by atoms with Crippen molar-refractivity contribution >= 4 is 50.1 Å². The zero-order valence-electron chi connectivity index (χ0n) is 19.7. The van der Waals surface area contributed by atoms with Crippen LogP contribution in [0.5, 0.6) is 5.75 Å². The van der Waals surface area contributed by atoms with E-state index in [0.717, 1.165) is 23.7 Å². The van der Waals surface area contributed by atoms with Crippen LogP contribution >= 0.6 is 11.8 Å². The largest absolute Gasteiger partial charge is 0.497 e. The Kier molecular flexibility index (Phi) is 7.76. The topological polar surface area (TPSA) is 105 Å². The van der Waals surface area contributed by atoms with E-state index in [1.807, 2.05) is 6.92 Å². The normalized spacial score (nSPS) is 16.8. The molecule has 8 nitrogen and oxygen atoms in total. The zero-order chi connectivity index (χ0) is 25.7. The van der Waals surface area contributed by atoms with E-state index in [0.29, 0.717) is 17.1 Å². The Bertz CT molecular complexity index is 1390. The SMILES string of the molecule is CCc1ccc(S(=O)(=O)N=C2S[C@@H](CC(=O)Nc3cccc(OC)c3)C(=O)N2c2ccccc2)cc1. The van der Waals surface area contributed by atoms with Gasteiger partial charge >= 0.3 is 0 Å². The molecule has 1 N–H and O–H groups in total. The van der Waals surface area contributed by atoms with E-state index in [2.05, 4.69) is 9.71 Å². The number of amidine groups is 1. The lowest BCUT2D eigenvalue weighted by Gasteiger charge is -2.16. The van der Waals surface area contributed by atoms with Gasteiger partial charge in [0.05, 0.1) is 17.7 Å². The first-order valence-corrected chi connectivity index (χ1v) is 13.6. The minimum Gasteiger partial charge on any atom is -0.497 e. The van der Waals surface area contributed by atoms with Crippen LogP contribution in [0, 0.1) is 0 Å². The fourth-order valence-corrected chi connectivity index (χ4v) is 5.94. The smallest absolute Gasteiger partial charge is 0.284 e. The van der Waals surface area contributed by atoms with E-state index < -0.39 is 21.2 Å². The van der Waals surface area contributed by atoms with Gasteiger partial charge in [0, 0.05) is 18.2 Å². The van der Waals surface area contributed by atoms with Gasteiger partial charge in [-0.1, -0.05) is 55.1 Å². The van der Waals surface area contributed by atoms with Crippen LogP contribution in [0.15, 0.2) is 88.2 Å². The van der Waals surface area contributed by atoms with Crippen molar-refractivity contribution in [1.82, 2.24) is 0 Å². The third kappa shape index (κ3) is 5.77. The summed E-state index contributed by atoms with van der Waals surface area (Å²) in [7, 11) is -2.55. The number of ether oxygens (including phenoxy) is 1. The summed E-state index contributed by atoms with van der Waals surface area (Å²) in [6, 6.07) is 22.0. The van der Waals surface area contributed by atoms with Gasteiger partial charge in [0.1, 0.15) is 11.0 Å². The lowest BCUT2D eigenvalue weighted by atomic mass is 10.2. The predicted octanol–water partition coefficient (Wildman–Crippen LogP) is 4.48. The number of hydrogen-bond acceptors (Lipinski definition) is 6. The standard InChI is InChI=1S/C26H25N3O5S2/c1-3-18-12-14-22(15-13-18)36(32,33)28-26-29(20-9-5-4-6-10-20)25(31)23(35-26)17-24(30)27-19-8-7-11-21(16-19)34-2/h4-16,23H,3,17H2,1-2H3,(H,27,30)/t23-/m0/s1. The third-order valence-corrected chi connectivity index (χ3v) is 8.04. The molecule has 3 aromatic carbocycles. The Morgan fingerprint density at radius 2 is 1.78 bits per heavy atom. The van der Waals surface area contributed by atoms with Gasteiger partial charge in [0.15, 0.2) is 5.17 Å². The summed E-state index contributed by atoms with van der Waals surface area (Å²) in [5, 5.41) is 1.92. The second-order valence-corrected chi connectivity index (χ2v) is 10.7. The minimum atomic E-state index is -4.08. The summed E-state index contributed by atoms with van der Waals surface area (Å²) < 4.78 is 35.3. The Morgan fingerprint density at radius 1 is 1.06 bits per heavy atom. The molecule has 1 atom stereocenters. The number of amides is 2. The minimum absolute atomic E-state index is 0.00458. The molecule has 1 aliphatic rings. The van der Waals surface area contributed by atoms with Gasteiger partial charge in [-0.05, 0) is 48.4 Å². The van der Waals surface area contributed by atoms with Crippen molar-refractivity contribution in [3.63, 3.8) is 0 Å². The summed E-state index contributed by atoms with van der Waals surface area (Å²) in [6.45, 7) is 1.98. The number of sulfonamides is 1. The predicted molar refractivity (Wildman–Crippen MR) is 142 cm³/mol. The number of aryl methyl sites for hydroxylation is 1. The molecule has 0 saturated carbocycles. The van der Waals surface area contributed by atoms with Gasteiger partial charge in [-0.3, -0.25) is 14.5 Å². The number of methoxy groups -OCH3 is 1. The molecule has 3 aromatic rings. The van der Waals surface area contributed by atoms with Crippen LogP contribution in [0.2, 0.25) is 0 Å². The lowest BCUT2D eigenvalue weighted by molar-refractivity contribution is -0.121. The summed E-state index contributed by atoms with van der Waals surface area (Å²) in [4.78, 5) is 27.4. The van der Waals surface area contributed by atoms with Crippen molar-refractivity contribution in [2.24, 2.45) is 4.40 Å². The zero-order valence-corrected chi connectivity index (χ0v) is 21.4. The first kappa shape index (κ1) is 25.5. The van der Waals surface area contributed by atoms with E-state index in [-0.39, 0.29) is 22.4 Å². The summed E-state index contributed by atoms with van der Waals surface area (Å²) >= 11 is 0.959. The number of carbonyl (C=O) groups excluding carboxylic acids is 2. The highest BCUT2D eigenvalue weighted by atomic mass is 32.2. The number of hydrogen-bond donors (Lipinski definition) is 1. The van der Waals surface area contributed by atoms with Crippen LogP contribution in [0.25, 0.3) is 0 Å². The van der Waals surface area contributed by atoms with Gasteiger partial charge in [-0.25, -0.2) is 0 Å². The summed E-state index contributed by atoms with van der Waals surface area (Å²) in [5.74, 6) is -0.218. The molecule has 2 amide bonds. The van der Waals surface area contributed by atoms with Gasteiger partial charge in [0.2, 0.25) is 11.8 Å². The van der Waals surface area contributed by atoms with Gasteiger partial charge < -0.3 is 10.1 Å². The second kappa shape index (κ2) is 11.0. The van der Waals surface area contributed by atoms with E-state index >= 15 is 0 Å². The summed E-state index contributed by atoms with van der Waals surface area (Å²) in [5.41, 5.74) is 2.00. The molecule has 0 aliphatic carbocycles. The average Bonchev–Trinajstić information content (AvgIpc) is 3.17. The average molecular weight is 524 g/mol. The molecule has 10 heteroatoms. The molecular weight excluding hydrogens is 498 g/mol. The van der Waals surface area contributed by atoms with Gasteiger partial charge in [-0.15, -0.1) is 4.40 Å². The van der Waals surface area contributed by atoms with E-state index in [1.54, 1.807) is 66.7 Å². The number of benzene rings is 3. The first-order valence-electron chi connectivity index (χ1n) is 11.2. The number of anilines is 2. The molecule has 186 valence electrons. The number of nitrogens with one attached hydrogen (secondary N) is 1. The van der Waals surface area contributed by atoms with E-state index in [4.69, 9.17) is 4.74 Å². The van der Waals surface area contributed by atoms with Crippen LogP contribution in [0.4, 0.5) is 11.4 Å². The van der Waals surface area contributed by atoms with E-state index in [1.165, 1.54) is 24.1 Å². The quantitative estimate of drug-likeness (QED) is 0.467. The molecule has 0 unspecified atom stereocenters. The number of para-hydroxylation sites is 1. The second-order valence-electron chi connectivity index (χ2n) is 7.95. The van der Waals surface area contributed by atoms with Crippen molar-refractivity contribution in [1.29, 1.82) is 0 Å². The Hall–Kier alpha value is -3.63. The number of nitrogens with zero attached hydrogens (tertiary/aromatic N) is 2. The molecule has 4 rings (SSSR count). The molecule has 0 aromatic heterocycles. The van der Waals surface area contributed by atoms with Crippen molar-refractivity contribution in [3.05, 3.63) is 84.4 Å². The van der Waals surface area contributed by atoms with Gasteiger partial charge in [0.25, 0.3) is 10.0 Å². The fourth-order valence-electron chi connectivity index (χ4n) is 3.61. The Balaban J connectivity index is 1.60. The molecule has 1 saturated heterocycles. The molecule has 36 heavy (non-hydrogen) atoms. The van der Waals surface area contributed by atoms with Crippen molar-refractivity contribution in [2.45, 2.75) is 29.9 Å². The molecule has 1 fully saturated rings. The van der Waals surface area contributed by atoms with Crippen LogP contribution in [0.1, 0.15) is 18.9 Å². The Morgan fingerprint density at radius 3 is 2.44 bits per heavy atom. The van der Waals surface area contributed by atoms with Crippen molar-refractivity contribution in [2.75, 3.05) is 17.3 Å². The highest BCUT2D eigenvalue weighted by Crippen LogP contribution is 2.35. The highest BCUT2D eigenvalue weighted by Gasteiger charge is 2.41. The molecule has 0 radical (unpaired) electrons. The highest BCUT2D eigenvalue weighted by molar-refractivity contribution is 8.16. The van der Waals surface area contributed by atoms with Crippen LogP contribution < -0.4 is 15.0 Å². The maximum Gasteiger partial charge on any atom is 0.284 e. The Labute approximate surface area is 214 Å². The summed E-state index contributed by atoms with van der Waals surface area (Å²) in [6.07, 6.45) is 0.620. The molecule has 0 spiro atoms. The lowest BCUT2D eigenvalue weighted by Crippen LogP contribution is -2.33. The first-order chi connectivity index (χ1) is 17.3.